The number of aryl methyl sites for hydroxylation is 2. The lowest BCUT2D eigenvalue weighted by atomic mass is 9.96. The van der Waals surface area contributed by atoms with E-state index >= 15 is 0 Å². The Kier molecular flexibility index (Phi) is 6.66. The van der Waals surface area contributed by atoms with Crippen molar-refractivity contribution in [3.05, 3.63) is 71.9 Å². The van der Waals surface area contributed by atoms with Crippen LogP contribution in [0.5, 0.6) is 0 Å². The van der Waals surface area contributed by atoms with Gasteiger partial charge in [-0.25, -0.2) is 4.68 Å². The number of nitrogens with zero attached hydrogens (tertiary/aromatic N) is 3. The summed E-state index contributed by atoms with van der Waals surface area (Å²) in [6, 6.07) is 19.4. The van der Waals surface area contributed by atoms with E-state index < -0.39 is 0 Å². The summed E-state index contributed by atoms with van der Waals surface area (Å²) in [5, 5.41) is 10.5. The summed E-state index contributed by atoms with van der Waals surface area (Å²) < 4.78 is 1.76. The minimum atomic E-state index is -0.0783. The molecule has 7 nitrogen and oxygen atoms in total. The Morgan fingerprint density at radius 1 is 0.969 bits per heavy atom. The van der Waals surface area contributed by atoms with Gasteiger partial charge in [0.25, 0.3) is 0 Å². The molecule has 1 aromatic heterocycles. The van der Waals surface area contributed by atoms with E-state index in [1.165, 1.54) is 5.56 Å². The zero-order valence-corrected chi connectivity index (χ0v) is 18.5. The summed E-state index contributed by atoms with van der Waals surface area (Å²) in [4.78, 5) is 27.3. The van der Waals surface area contributed by atoms with E-state index in [4.69, 9.17) is 0 Å². The molecule has 2 aromatic carbocycles. The summed E-state index contributed by atoms with van der Waals surface area (Å²) in [5.41, 5.74) is 3.74. The number of hydrogen-bond acceptors (Lipinski definition) is 4. The minimum absolute atomic E-state index is 0.0277. The fourth-order valence-electron chi connectivity index (χ4n) is 3.98. The number of carbonyl (C=O) groups excluding carboxylic acids is 2. The van der Waals surface area contributed by atoms with Gasteiger partial charge in [0.05, 0.1) is 17.9 Å². The highest BCUT2D eigenvalue weighted by Gasteiger charge is 2.26. The maximum Gasteiger partial charge on any atom is 0.239 e. The highest BCUT2D eigenvalue weighted by molar-refractivity contribution is 5.93. The summed E-state index contributed by atoms with van der Waals surface area (Å²) in [7, 11) is 0. The number of benzene rings is 2. The molecule has 0 saturated carbocycles. The number of likely N-dealkylation sites (tertiary alicyclic amines) is 1. The Bertz CT molecular complexity index is 1070. The quantitative estimate of drug-likeness (QED) is 0.623. The van der Waals surface area contributed by atoms with Gasteiger partial charge < -0.3 is 10.6 Å². The maximum atomic E-state index is 12.7. The smallest absolute Gasteiger partial charge is 0.239 e. The van der Waals surface area contributed by atoms with Crippen molar-refractivity contribution in [1.29, 1.82) is 0 Å². The Labute approximate surface area is 188 Å². The molecule has 0 unspecified atom stereocenters. The lowest BCUT2D eigenvalue weighted by Gasteiger charge is -2.30. The van der Waals surface area contributed by atoms with E-state index in [2.05, 4.69) is 20.6 Å². The van der Waals surface area contributed by atoms with E-state index in [1.807, 2.05) is 74.5 Å². The third kappa shape index (κ3) is 5.42. The summed E-state index contributed by atoms with van der Waals surface area (Å²) in [6.07, 6.45) is 1.48. The molecule has 0 bridgehead atoms. The minimum Gasteiger partial charge on any atom is -0.326 e. The van der Waals surface area contributed by atoms with Gasteiger partial charge in [-0.05, 0) is 64.0 Å². The first-order valence-electron chi connectivity index (χ1n) is 11.0. The van der Waals surface area contributed by atoms with Crippen molar-refractivity contribution in [3.63, 3.8) is 0 Å². The molecule has 2 N–H and O–H groups in total. The van der Waals surface area contributed by atoms with E-state index in [-0.39, 0.29) is 17.7 Å². The number of piperidine rings is 1. The van der Waals surface area contributed by atoms with Crippen LogP contribution in [0.15, 0.2) is 60.7 Å². The number of para-hydroxylation sites is 1. The number of rotatable bonds is 6. The normalized spacial score (nSPS) is 14.8. The maximum absolute atomic E-state index is 12.7. The molecule has 1 aliphatic heterocycles. The van der Waals surface area contributed by atoms with Crippen molar-refractivity contribution in [1.82, 2.24) is 14.7 Å². The van der Waals surface area contributed by atoms with Crippen LogP contribution in [-0.2, 0) is 9.59 Å². The van der Waals surface area contributed by atoms with Crippen molar-refractivity contribution in [2.24, 2.45) is 5.92 Å². The number of anilines is 2. The fraction of sp³-hybridized carbons (Fsp3) is 0.320. The average molecular weight is 432 g/mol. The topological polar surface area (TPSA) is 79.3 Å². The van der Waals surface area contributed by atoms with Crippen molar-refractivity contribution >= 4 is 23.3 Å². The molecular weight excluding hydrogens is 402 g/mol. The van der Waals surface area contributed by atoms with Gasteiger partial charge >= 0.3 is 0 Å². The van der Waals surface area contributed by atoms with Gasteiger partial charge in [-0.3, -0.25) is 14.5 Å². The first kappa shape index (κ1) is 21.8. The third-order valence-corrected chi connectivity index (χ3v) is 5.74. The average Bonchev–Trinajstić information content (AvgIpc) is 3.15. The Hall–Kier alpha value is -3.45. The van der Waals surface area contributed by atoms with Crippen LogP contribution in [0.2, 0.25) is 0 Å². The van der Waals surface area contributed by atoms with Crippen molar-refractivity contribution in [2.45, 2.75) is 26.7 Å². The summed E-state index contributed by atoms with van der Waals surface area (Å²) >= 11 is 0. The van der Waals surface area contributed by atoms with Gasteiger partial charge in [-0.15, -0.1) is 0 Å². The number of hydrogen-bond donors (Lipinski definition) is 2. The number of amides is 2. The van der Waals surface area contributed by atoms with Crippen LogP contribution in [0.25, 0.3) is 5.69 Å². The number of aromatic nitrogens is 2. The van der Waals surface area contributed by atoms with Crippen LogP contribution in [0.3, 0.4) is 0 Å². The van der Waals surface area contributed by atoms with Crippen LogP contribution < -0.4 is 10.6 Å². The molecule has 2 amide bonds. The Morgan fingerprint density at radius 2 is 1.66 bits per heavy atom. The van der Waals surface area contributed by atoms with Gasteiger partial charge in [0.2, 0.25) is 11.8 Å². The fourth-order valence-corrected chi connectivity index (χ4v) is 3.98. The lowest BCUT2D eigenvalue weighted by Crippen LogP contribution is -2.41. The molecule has 0 spiro atoms. The van der Waals surface area contributed by atoms with E-state index in [0.29, 0.717) is 12.4 Å². The molecule has 0 radical (unpaired) electrons. The Balaban J connectivity index is 1.29. The van der Waals surface area contributed by atoms with Crippen LogP contribution in [0, 0.1) is 19.8 Å². The molecule has 3 aromatic rings. The molecule has 1 aliphatic rings. The molecule has 32 heavy (non-hydrogen) atoms. The first-order chi connectivity index (χ1) is 15.5. The first-order valence-corrected chi connectivity index (χ1v) is 11.0. The van der Waals surface area contributed by atoms with Crippen molar-refractivity contribution < 1.29 is 9.59 Å². The molecule has 7 heteroatoms. The zero-order valence-electron chi connectivity index (χ0n) is 18.5. The standard InChI is InChI=1S/C25H29N5O2/c1-18-8-10-22(11-9-18)30-23(16-19(2)28-30)27-24(31)17-29-14-12-20(13-15-29)25(32)26-21-6-4-3-5-7-21/h3-11,16,20H,12-15,17H2,1-2H3,(H,26,32)(H,27,31). The van der Waals surface area contributed by atoms with Crippen LogP contribution in [0.1, 0.15) is 24.1 Å². The van der Waals surface area contributed by atoms with Gasteiger partial charge in [-0.1, -0.05) is 35.9 Å². The van der Waals surface area contributed by atoms with Gasteiger partial charge in [-0.2, -0.15) is 5.10 Å². The zero-order chi connectivity index (χ0) is 22.5. The second-order valence-electron chi connectivity index (χ2n) is 8.37. The second-order valence-corrected chi connectivity index (χ2v) is 8.37. The van der Waals surface area contributed by atoms with Crippen molar-refractivity contribution in [2.75, 3.05) is 30.3 Å². The van der Waals surface area contributed by atoms with Gasteiger partial charge in [0.15, 0.2) is 0 Å². The van der Waals surface area contributed by atoms with Gasteiger partial charge in [0.1, 0.15) is 5.82 Å². The molecule has 4 rings (SSSR count). The van der Waals surface area contributed by atoms with Crippen LogP contribution in [0.4, 0.5) is 11.5 Å². The molecule has 0 aliphatic carbocycles. The molecular formula is C25H29N5O2. The van der Waals surface area contributed by atoms with Crippen molar-refractivity contribution in [3.8, 4) is 5.69 Å². The molecule has 166 valence electrons. The highest BCUT2D eigenvalue weighted by Crippen LogP contribution is 2.21. The molecule has 1 fully saturated rings. The van der Waals surface area contributed by atoms with E-state index in [1.54, 1.807) is 4.68 Å². The molecule has 0 atom stereocenters. The number of carbonyl (C=O) groups is 2. The summed E-state index contributed by atoms with van der Waals surface area (Å²) in [5.74, 6) is 0.608. The molecule has 1 saturated heterocycles. The van der Waals surface area contributed by atoms with Crippen LogP contribution >= 0.6 is 0 Å². The monoisotopic (exact) mass is 431 g/mol. The highest BCUT2D eigenvalue weighted by atomic mass is 16.2. The van der Waals surface area contributed by atoms with Gasteiger partial charge in [0, 0.05) is 17.7 Å². The lowest BCUT2D eigenvalue weighted by molar-refractivity contribution is -0.121. The predicted molar refractivity (Wildman–Crippen MR) is 126 cm³/mol. The number of nitrogens with one attached hydrogen (secondary N) is 2. The second kappa shape index (κ2) is 9.78. The predicted octanol–water partition coefficient (Wildman–Crippen LogP) is 3.78. The molecule has 2 heterocycles. The van der Waals surface area contributed by atoms with E-state index in [0.717, 1.165) is 43.0 Å². The SMILES string of the molecule is Cc1ccc(-n2nc(C)cc2NC(=O)CN2CCC(C(=O)Nc3ccccc3)CC2)cc1. The summed E-state index contributed by atoms with van der Waals surface area (Å²) in [6.45, 7) is 5.68. The Morgan fingerprint density at radius 3 is 2.34 bits per heavy atom. The van der Waals surface area contributed by atoms with Crippen LogP contribution in [-0.4, -0.2) is 46.1 Å². The largest absolute Gasteiger partial charge is 0.326 e. The third-order valence-electron chi connectivity index (χ3n) is 5.74. The van der Waals surface area contributed by atoms with E-state index in [9.17, 15) is 9.59 Å².